The molecule has 0 unspecified atom stereocenters. The van der Waals surface area contributed by atoms with Crippen molar-refractivity contribution < 1.29 is 9.21 Å². The van der Waals surface area contributed by atoms with E-state index >= 15 is 0 Å². The minimum Gasteiger partial charge on any atom is -0.469 e. The van der Waals surface area contributed by atoms with E-state index in [0.29, 0.717) is 10.0 Å². The predicted octanol–water partition coefficient (Wildman–Crippen LogP) is 2.03. The third kappa shape index (κ3) is 2.43. The van der Waals surface area contributed by atoms with Crippen LogP contribution in [0.3, 0.4) is 0 Å². The summed E-state index contributed by atoms with van der Waals surface area (Å²) < 4.78 is 7.34. The molecule has 0 aliphatic heterocycles. The smallest absolute Gasteiger partial charge is 0.252 e. The minimum atomic E-state index is -0.242. The highest BCUT2D eigenvalue weighted by Gasteiger charge is 2.41. The molecule has 6 heteroatoms. The van der Waals surface area contributed by atoms with Gasteiger partial charge in [-0.1, -0.05) is 0 Å². The van der Waals surface area contributed by atoms with Crippen LogP contribution in [0, 0.1) is 0 Å². The third-order valence-corrected chi connectivity index (χ3v) is 4.07. The molecule has 1 saturated carbocycles. The number of carbonyl (C=O) groups is 1. The highest BCUT2D eigenvalue weighted by molar-refractivity contribution is 9.10. The maximum atomic E-state index is 12.2. The molecule has 0 radical (unpaired) electrons. The van der Waals surface area contributed by atoms with Crippen molar-refractivity contribution in [3.63, 3.8) is 0 Å². The summed E-state index contributed by atoms with van der Waals surface area (Å²) in [4.78, 5) is 23.8. The lowest BCUT2D eigenvalue weighted by atomic mass is 10.2. The van der Waals surface area contributed by atoms with Gasteiger partial charge in [0.15, 0.2) is 0 Å². The van der Waals surface area contributed by atoms with Crippen molar-refractivity contribution in [2.24, 2.45) is 7.05 Å². The van der Waals surface area contributed by atoms with Gasteiger partial charge in [0.1, 0.15) is 5.76 Å². The SMILES string of the molecule is Cn1cc(Br)c(C(=O)N[C@@H]2C[C@H]2c2ccco2)cc1=O. The number of hydrogen-bond donors (Lipinski definition) is 1. The number of aryl methyl sites for hydroxylation is 1. The van der Waals surface area contributed by atoms with E-state index in [1.807, 2.05) is 12.1 Å². The maximum absolute atomic E-state index is 12.2. The van der Waals surface area contributed by atoms with E-state index in [4.69, 9.17) is 4.42 Å². The van der Waals surface area contributed by atoms with Gasteiger partial charge in [0.05, 0.1) is 11.8 Å². The summed E-state index contributed by atoms with van der Waals surface area (Å²) in [5, 5.41) is 2.92. The first-order valence-electron chi connectivity index (χ1n) is 6.26. The monoisotopic (exact) mass is 336 g/mol. The van der Waals surface area contributed by atoms with Gasteiger partial charge in [-0.25, -0.2) is 0 Å². The molecule has 1 amide bonds. The highest BCUT2D eigenvalue weighted by atomic mass is 79.9. The summed E-state index contributed by atoms with van der Waals surface area (Å²) in [5.74, 6) is 0.881. The molecule has 0 aromatic carbocycles. The van der Waals surface area contributed by atoms with E-state index in [2.05, 4.69) is 21.2 Å². The molecule has 0 saturated heterocycles. The topological polar surface area (TPSA) is 64.2 Å². The van der Waals surface area contributed by atoms with Crippen LogP contribution in [0.5, 0.6) is 0 Å². The number of nitrogens with one attached hydrogen (secondary N) is 1. The van der Waals surface area contributed by atoms with Crippen LogP contribution in [0.2, 0.25) is 0 Å². The number of furan rings is 1. The number of nitrogens with zero attached hydrogens (tertiary/aromatic N) is 1. The Bertz CT molecular complexity index is 706. The fraction of sp³-hybridized carbons (Fsp3) is 0.286. The van der Waals surface area contributed by atoms with Gasteiger partial charge < -0.3 is 14.3 Å². The normalized spacial score (nSPS) is 20.7. The van der Waals surface area contributed by atoms with Crippen LogP contribution in [0.25, 0.3) is 0 Å². The Hall–Kier alpha value is -1.82. The zero-order chi connectivity index (χ0) is 14.3. The zero-order valence-corrected chi connectivity index (χ0v) is 12.4. The van der Waals surface area contributed by atoms with Gasteiger partial charge >= 0.3 is 0 Å². The summed E-state index contributed by atoms with van der Waals surface area (Å²) in [6.07, 6.45) is 4.08. The number of aromatic nitrogens is 1. The number of rotatable bonds is 3. The third-order valence-electron chi connectivity index (χ3n) is 3.44. The van der Waals surface area contributed by atoms with Crippen LogP contribution in [-0.2, 0) is 7.05 Å². The van der Waals surface area contributed by atoms with Crippen molar-refractivity contribution in [2.45, 2.75) is 18.4 Å². The Labute approximate surface area is 123 Å². The Morgan fingerprint density at radius 3 is 3.05 bits per heavy atom. The van der Waals surface area contributed by atoms with Crippen LogP contribution < -0.4 is 10.9 Å². The molecule has 1 N–H and O–H groups in total. The van der Waals surface area contributed by atoms with E-state index in [9.17, 15) is 9.59 Å². The summed E-state index contributed by atoms with van der Waals surface area (Å²) in [6, 6.07) is 5.16. The standard InChI is InChI=1S/C14H13BrN2O3/c1-17-7-10(15)8(6-13(17)18)14(19)16-11-5-9(11)12-3-2-4-20-12/h2-4,6-7,9,11H,5H2,1H3,(H,16,19)/t9-,11-/m1/s1. The molecule has 2 heterocycles. The molecule has 0 bridgehead atoms. The van der Waals surface area contributed by atoms with Gasteiger partial charge in [0.2, 0.25) is 0 Å². The highest BCUT2D eigenvalue weighted by Crippen LogP contribution is 2.41. The summed E-state index contributed by atoms with van der Waals surface area (Å²) >= 11 is 3.31. The summed E-state index contributed by atoms with van der Waals surface area (Å²) in [5.41, 5.74) is 0.148. The lowest BCUT2D eigenvalue weighted by Gasteiger charge is -2.07. The molecule has 2 aromatic heterocycles. The van der Waals surface area contributed by atoms with Gasteiger partial charge in [-0.05, 0) is 34.5 Å². The first kappa shape index (κ1) is 13.2. The lowest BCUT2D eigenvalue weighted by Crippen LogP contribution is -2.29. The number of halogens is 1. The Morgan fingerprint density at radius 1 is 1.55 bits per heavy atom. The van der Waals surface area contributed by atoms with Crippen molar-refractivity contribution in [3.05, 3.63) is 56.8 Å². The average Bonchev–Trinajstić information content (AvgIpc) is 2.95. The van der Waals surface area contributed by atoms with Gasteiger partial charge in [-0.15, -0.1) is 0 Å². The molecule has 0 spiro atoms. The van der Waals surface area contributed by atoms with Crippen molar-refractivity contribution in [1.82, 2.24) is 9.88 Å². The average molecular weight is 337 g/mol. The quantitative estimate of drug-likeness (QED) is 0.932. The molecule has 5 nitrogen and oxygen atoms in total. The van der Waals surface area contributed by atoms with E-state index < -0.39 is 0 Å². The molecule has 3 rings (SSSR count). The van der Waals surface area contributed by atoms with E-state index in [1.54, 1.807) is 19.5 Å². The first-order valence-corrected chi connectivity index (χ1v) is 7.06. The fourth-order valence-corrected chi connectivity index (χ4v) is 2.79. The Balaban J connectivity index is 1.72. The molecule has 2 aromatic rings. The van der Waals surface area contributed by atoms with Crippen molar-refractivity contribution in [1.29, 1.82) is 0 Å². The van der Waals surface area contributed by atoms with Crippen LogP contribution in [0.1, 0.15) is 28.5 Å². The molecule has 1 fully saturated rings. The van der Waals surface area contributed by atoms with E-state index in [1.165, 1.54) is 10.6 Å². The molecular weight excluding hydrogens is 324 g/mol. The second kappa shape index (κ2) is 4.94. The zero-order valence-electron chi connectivity index (χ0n) is 10.8. The molecule has 1 aliphatic carbocycles. The van der Waals surface area contributed by atoms with Gasteiger partial charge in [0, 0.05) is 35.7 Å². The van der Waals surface area contributed by atoms with Crippen LogP contribution in [-0.4, -0.2) is 16.5 Å². The number of hydrogen-bond acceptors (Lipinski definition) is 3. The van der Waals surface area contributed by atoms with Crippen molar-refractivity contribution in [3.8, 4) is 0 Å². The van der Waals surface area contributed by atoms with Crippen molar-refractivity contribution in [2.75, 3.05) is 0 Å². The maximum Gasteiger partial charge on any atom is 0.252 e. The van der Waals surface area contributed by atoms with Gasteiger partial charge in [0.25, 0.3) is 11.5 Å². The molecular formula is C14H13BrN2O3. The second-order valence-corrected chi connectivity index (χ2v) is 5.78. The molecule has 20 heavy (non-hydrogen) atoms. The van der Waals surface area contributed by atoms with Crippen LogP contribution in [0.4, 0.5) is 0 Å². The second-order valence-electron chi connectivity index (χ2n) is 4.92. The first-order chi connectivity index (χ1) is 9.56. The lowest BCUT2D eigenvalue weighted by molar-refractivity contribution is 0.0949. The van der Waals surface area contributed by atoms with E-state index in [-0.39, 0.29) is 23.4 Å². The number of carbonyl (C=O) groups excluding carboxylic acids is 1. The van der Waals surface area contributed by atoms with Crippen LogP contribution in [0.15, 0.2) is 44.3 Å². The molecule has 2 atom stereocenters. The Morgan fingerprint density at radius 2 is 2.35 bits per heavy atom. The number of amides is 1. The van der Waals surface area contributed by atoms with E-state index in [0.717, 1.165) is 12.2 Å². The molecule has 104 valence electrons. The van der Waals surface area contributed by atoms with Crippen molar-refractivity contribution >= 4 is 21.8 Å². The summed E-state index contributed by atoms with van der Waals surface area (Å²) in [6.45, 7) is 0. The largest absolute Gasteiger partial charge is 0.469 e. The number of pyridine rings is 1. The van der Waals surface area contributed by atoms with Gasteiger partial charge in [-0.3, -0.25) is 9.59 Å². The Kier molecular flexibility index (Phi) is 3.25. The minimum absolute atomic E-state index is 0.0737. The summed E-state index contributed by atoms with van der Waals surface area (Å²) in [7, 11) is 1.64. The fourth-order valence-electron chi connectivity index (χ4n) is 2.19. The van der Waals surface area contributed by atoms with Gasteiger partial charge in [-0.2, -0.15) is 0 Å². The predicted molar refractivity (Wildman–Crippen MR) is 76.7 cm³/mol. The molecule has 1 aliphatic rings. The van der Waals surface area contributed by atoms with Crippen LogP contribution >= 0.6 is 15.9 Å².